The topological polar surface area (TPSA) is 32.3 Å². The molecule has 0 bridgehead atoms. The number of nitrogens with zero attached hydrogens (tertiary/aromatic N) is 1. The molecule has 1 fully saturated rings. The van der Waals surface area contributed by atoms with Crippen molar-refractivity contribution < 1.29 is 4.79 Å². The van der Waals surface area contributed by atoms with Crippen LogP contribution in [0, 0.1) is 12.8 Å². The lowest BCUT2D eigenvalue weighted by atomic mass is 9.95. The van der Waals surface area contributed by atoms with Gasteiger partial charge < -0.3 is 5.32 Å². The Balaban J connectivity index is 1.74. The molecule has 2 aromatic carbocycles. The van der Waals surface area contributed by atoms with E-state index in [0.717, 1.165) is 26.2 Å². The summed E-state index contributed by atoms with van der Waals surface area (Å²) in [4.78, 5) is 13.7. The molecule has 1 aliphatic heterocycles. The van der Waals surface area contributed by atoms with Crippen LogP contribution in [-0.2, 0) is 11.3 Å². The molecule has 3 nitrogen and oxygen atoms in total. The maximum absolute atomic E-state index is 11.1. The molecule has 1 atom stereocenters. The Morgan fingerprint density at radius 3 is 2.91 bits per heavy atom. The van der Waals surface area contributed by atoms with Crippen LogP contribution in [0.3, 0.4) is 0 Å². The third-order valence-electron chi connectivity index (χ3n) is 4.90. The third-order valence-corrected chi connectivity index (χ3v) is 4.90. The lowest BCUT2D eigenvalue weighted by Gasteiger charge is -2.33. The number of nitrogens with one attached hydrogen (secondary N) is 1. The fraction of sp³-hybridized carbons (Fsp3) is 0.450. The van der Waals surface area contributed by atoms with Crippen LogP contribution in [0.1, 0.15) is 30.9 Å². The first-order valence-corrected chi connectivity index (χ1v) is 8.57. The van der Waals surface area contributed by atoms with Crippen molar-refractivity contribution in [3.63, 3.8) is 0 Å². The van der Waals surface area contributed by atoms with Crippen molar-refractivity contribution in [2.45, 2.75) is 33.2 Å². The Kier molecular flexibility index (Phi) is 4.97. The van der Waals surface area contributed by atoms with E-state index in [-0.39, 0.29) is 5.91 Å². The number of carbonyl (C=O) groups excluding carboxylic acids is 1. The molecule has 3 rings (SSSR count). The van der Waals surface area contributed by atoms with Gasteiger partial charge in [-0.3, -0.25) is 9.69 Å². The Morgan fingerprint density at radius 1 is 1.26 bits per heavy atom. The van der Waals surface area contributed by atoms with E-state index in [9.17, 15) is 4.79 Å². The van der Waals surface area contributed by atoms with E-state index in [1.54, 1.807) is 6.92 Å². The SMILES string of the molecule is CC(=O)NC[C@H]1CCCN(Cc2c(C)ccc3ccccc23)C1. The number of carbonyl (C=O) groups is 1. The molecule has 0 aliphatic carbocycles. The molecule has 2 aromatic rings. The first-order chi connectivity index (χ1) is 11.1. The molecule has 122 valence electrons. The number of rotatable bonds is 4. The number of hydrogen-bond donors (Lipinski definition) is 1. The summed E-state index contributed by atoms with van der Waals surface area (Å²) in [5.41, 5.74) is 2.82. The largest absolute Gasteiger partial charge is 0.356 e. The van der Waals surface area contributed by atoms with E-state index in [2.05, 4.69) is 53.5 Å². The van der Waals surface area contributed by atoms with Gasteiger partial charge in [0.25, 0.3) is 0 Å². The van der Waals surface area contributed by atoms with Gasteiger partial charge in [0.1, 0.15) is 0 Å². The molecule has 1 amide bonds. The highest BCUT2D eigenvalue weighted by molar-refractivity contribution is 5.86. The van der Waals surface area contributed by atoms with Crippen LogP contribution < -0.4 is 5.32 Å². The van der Waals surface area contributed by atoms with Gasteiger partial charge in [-0.2, -0.15) is 0 Å². The summed E-state index contributed by atoms with van der Waals surface area (Å²) in [6.07, 6.45) is 2.43. The fourth-order valence-electron chi connectivity index (χ4n) is 3.63. The maximum Gasteiger partial charge on any atom is 0.216 e. The first kappa shape index (κ1) is 16.0. The van der Waals surface area contributed by atoms with E-state index < -0.39 is 0 Å². The molecule has 1 saturated heterocycles. The lowest BCUT2D eigenvalue weighted by molar-refractivity contribution is -0.119. The minimum Gasteiger partial charge on any atom is -0.356 e. The van der Waals surface area contributed by atoms with Crippen molar-refractivity contribution in [1.29, 1.82) is 0 Å². The predicted molar refractivity (Wildman–Crippen MR) is 95.4 cm³/mol. The highest BCUT2D eigenvalue weighted by atomic mass is 16.1. The van der Waals surface area contributed by atoms with Crippen LogP contribution in [0.2, 0.25) is 0 Å². The molecule has 0 saturated carbocycles. The summed E-state index contributed by atoms with van der Waals surface area (Å²) < 4.78 is 0. The highest BCUT2D eigenvalue weighted by Gasteiger charge is 2.21. The zero-order valence-electron chi connectivity index (χ0n) is 14.1. The smallest absolute Gasteiger partial charge is 0.216 e. The standard InChI is InChI=1S/C20H26N2O/c1-15-9-10-18-7-3-4-8-19(18)20(15)14-22-11-5-6-17(13-22)12-21-16(2)23/h3-4,7-10,17H,5-6,11-14H2,1-2H3,(H,21,23)/t17-/m1/s1. The number of aryl methyl sites for hydroxylation is 1. The Labute approximate surface area is 138 Å². The molecular formula is C20H26N2O. The van der Waals surface area contributed by atoms with Crippen LogP contribution in [0.5, 0.6) is 0 Å². The first-order valence-electron chi connectivity index (χ1n) is 8.57. The van der Waals surface area contributed by atoms with Crippen molar-refractivity contribution in [2.75, 3.05) is 19.6 Å². The minimum atomic E-state index is 0.0759. The molecule has 1 N–H and O–H groups in total. The number of hydrogen-bond acceptors (Lipinski definition) is 2. The van der Waals surface area contributed by atoms with Crippen molar-refractivity contribution in [3.8, 4) is 0 Å². The lowest BCUT2D eigenvalue weighted by Crippen LogP contribution is -2.40. The van der Waals surface area contributed by atoms with E-state index in [1.807, 2.05) is 0 Å². The normalized spacial score (nSPS) is 19.0. The molecule has 1 aliphatic rings. The second kappa shape index (κ2) is 7.14. The van der Waals surface area contributed by atoms with Gasteiger partial charge in [-0.05, 0) is 54.1 Å². The number of benzene rings is 2. The van der Waals surface area contributed by atoms with Gasteiger partial charge in [-0.15, -0.1) is 0 Å². The van der Waals surface area contributed by atoms with Gasteiger partial charge in [0.05, 0.1) is 0 Å². The van der Waals surface area contributed by atoms with E-state index in [0.29, 0.717) is 5.92 Å². The zero-order chi connectivity index (χ0) is 16.2. The van der Waals surface area contributed by atoms with Gasteiger partial charge in [0, 0.05) is 26.6 Å². The fourth-order valence-corrected chi connectivity index (χ4v) is 3.63. The van der Waals surface area contributed by atoms with Crippen LogP contribution in [0.25, 0.3) is 10.8 Å². The van der Waals surface area contributed by atoms with Gasteiger partial charge in [-0.1, -0.05) is 36.4 Å². The van der Waals surface area contributed by atoms with Crippen LogP contribution in [-0.4, -0.2) is 30.4 Å². The average Bonchev–Trinajstić information content (AvgIpc) is 2.56. The van der Waals surface area contributed by atoms with E-state index >= 15 is 0 Å². The Hall–Kier alpha value is -1.87. The second-order valence-electron chi connectivity index (χ2n) is 6.76. The number of likely N-dealkylation sites (tertiary alicyclic amines) is 1. The second-order valence-corrected chi connectivity index (χ2v) is 6.76. The molecular weight excluding hydrogens is 284 g/mol. The van der Waals surface area contributed by atoms with Crippen LogP contribution in [0.4, 0.5) is 0 Å². The third kappa shape index (κ3) is 3.91. The van der Waals surface area contributed by atoms with Gasteiger partial charge in [-0.25, -0.2) is 0 Å². The van der Waals surface area contributed by atoms with Crippen LogP contribution in [0.15, 0.2) is 36.4 Å². The summed E-state index contributed by atoms with van der Waals surface area (Å²) in [6.45, 7) is 7.84. The molecule has 0 unspecified atom stereocenters. The molecule has 0 spiro atoms. The number of fused-ring (bicyclic) bond motifs is 1. The molecule has 1 heterocycles. The molecule has 23 heavy (non-hydrogen) atoms. The summed E-state index contributed by atoms with van der Waals surface area (Å²) in [5, 5.41) is 5.67. The quantitative estimate of drug-likeness (QED) is 0.937. The van der Waals surface area contributed by atoms with Crippen molar-refractivity contribution in [2.24, 2.45) is 5.92 Å². The number of amides is 1. The summed E-state index contributed by atoms with van der Waals surface area (Å²) in [7, 11) is 0. The molecule has 3 heteroatoms. The number of piperidine rings is 1. The average molecular weight is 310 g/mol. The zero-order valence-corrected chi connectivity index (χ0v) is 14.1. The van der Waals surface area contributed by atoms with Gasteiger partial charge in [0.15, 0.2) is 0 Å². The highest BCUT2D eigenvalue weighted by Crippen LogP contribution is 2.25. The Morgan fingerprint density at radius 2 is 2.09 bits per heavy atom. The van der Waals surface area contributed by atoms with Crippen molar-refractivity contribution in [1.82, 2.24) is 10.2 Å². The monoisotopic (exact) mass is 310 g/mol. The summed E-state index contributed by atoms with van der Waals surface area (Å²) >= 11 is 0. The van der Waals surface area contributed by atoms with Crippen molar-refractivity contribution >= 4 is 16.7 Å². The molecule has 0 aromatic heterocycles. The van der Waals surface area contributed by atoms with Crippen LogP contribution >= 0.6 is 0 Å². The minimum absolute atomic E-state index is 0.0759. The summed E-state index contributed by atoms with van der Waals surface area (Å²) in [5.74, 6) is 0.648. The van der Waals surface area contributed by atoms with Gasteiger partial charge >= 0.3 is 0 Å². The Bertz CT molecular complexity index is 695. The maximum atomic E-state index is 11.1. The predicted octanol–water partition coefficient (Wildman–Crippen LogP) is 3.50. The van der Waals surface area contributed by atoms with E-state index in [1.165, 1.54) is 34.7 Å². The van der Waals surface area contributed by atoms with Crippen molar-refractivity contribution in [3.05, 3.63) is 47.5 Å². The summed E-state index contributed by atoms with van der Waals surface area (Å²) in [6, 6.07) is 13.1. The van der Waals surface area contributed by atoms with E-state index in [4.69, 9.17) is 0 Å². The van der Waals surface area contributed by atoms with Gasteiger partial charge in [0.2, 0.25) is 5.91 Å². The molecule has 0 radical (unpaired) electrons.